The molecule has 1 aromatic heterocycles. The number of unbranched alkanes of at least 4 members (excludes halogenated alkanes) is 1. The van der Waals surface area contributed by atoms with E-state index in [1.54, 1.807) is 31.2 Å². The number of ether oxygens (including phenoxy) is 1. The number of aromatic nitrogens is 1. The van der Waals surface area contributed by atoms with E-state index >= 15 is 0 Å². The second kappa shape index (κ2) is 7.25. The van der Waals surface area contributed by atoms with Crippen LogP contribution >= 0.6 is 11.6 Å². The van der Waals surface area contributed by atoms with E-state index in [9.17, 15) is 4.79 Å². The molecule has 94 valence electrons. The topological polar surface area (TPSA) is 42.4 Å². The van der Waals surface area contributed by atoms with Crippen molar-refractivity contribution < 1.29 is 9.53 Å². The molecule has 0 fully saturated rings. The van der Waals surface area contributed by atoms with Crippen molar-refractivity contribution in [2.75, 3.05) is 25.7 Å². The number of amides is 1. The molecule has 0 aliphatic carbocycles. The monoisotopic (exact) mass is 256 g/mol. The molecule has 0 unspecified atom stereocenters. The van der Waals surface area contributed by atoms with Gasteiger partial charge in [0, 0.05) is 33.4 Å². The summed E-state index contributed by atoms with van der Waals surface area (Å²) in [6.45, 7) is 0.691. The molecule has 0 bridgehead atoms. The fourth-order valence-electron chi connectivity index (χ4n) is 1.38. The average Bonchev–Trinajstić information content (AvgIpc) is 2.34. The minimum Gasteiger partial charge on any atom is -0.385 e. The molecule has 5 heteroatoms. The Balaban J connectivity index is 2.43. The van der Waals surface area contributed by atoms with Gasteiger partial charge in [0.25, 0.3) is 0 Å². The number of halogens is 1. The first-order valence-corrected chi connectivity index (χ1v) is 5.90. The third kappa shape index (κ3) is 4.71. The van der Waals surface area contributed by atoms with Crippen molar-refractivity contribution in [3.05, 3.63) is 23.4 Å². The van der Waals surface area contributed by atoms with Gasteiger partial charge in [0.1, 0.15) is 5.82 Å². The Morgan fingerprint density at radius 2 is 2.24 bits per heavy atom. The maximum atomic E-state index is 11.8. The molecule has 0 aliphatic heterocycles. The molecule has 0 saturated heterocycles. The smallest absolute Gasteiger partial charge is 0.227 e. The summed E-state index contributed by atoms with van der Waals surface area (Å²) in [6.07, 6.45) is 3.75. The minimum atomic E-state index is 0.0518. The number of anilines is 1. The zero-order chi connectivity index (χ0) is 12.7. The number of methoxy groups -OCH3 is 1. The molecule has 0 aliphatic rings. The highest BCUT2D eigenvalue weighted by molar-refractivity contribution is 6.30. The summed E-state index contributed by atoms with van der Waals surface area (Å²) in [6, 6.07) is 3.45. The number of hydrogen-bond acceptors (Lipinski definition) is 3. The Kier molecular flexibility index (Phi) is 5.94. The van der Waals surface area contributed by atoms with Crippen LogP contribution < -0.4 is 4.90 Å². The molecular weight excluding hydrogens is 240 g/mol. The third-order valence-corrected chi connectivity index (χ3v) is 2.64. The van der Waals surface area contributed by atoms with Crippen molar-refractivity contribution in [3.8, 4) is 0 Å². The Bertz CT molecular complexity index is 354. The Morgan fingerprint density at radius 1 is 1.47 bits per heavy atom. The van der Waals surface area contributed by atoms with Crippen molar-refractivity contribution in [1.82, 2.24) is 4.98 Å². The fraction of sp³-hybridized carbons (Fsp3) is 0.500. The van der Waals surface area contributed by atoms with Gasteiger partial charge in [-0.2, -0.15) is 0 Å². The third-order valence-electron chi connectivity index (χ3n) is 2.42. The van der Waals surface area contributed by atoms with Gasteiger partial charge in [0.2, 0.25) is 5.91 Å². The second-order valence-electron chi connectivity index (χ2n) is 3.74. The predicted octanol–water partition coefficient (Wildman–Crippen LogP) is 2.51. The van der Waals surface area contributed by atoms with Crippen LogP contribution in [-0.4, -0.2) is 31.7 Å². The van der Waals surface area contributed by atoms with Crippen molar-refractivity contribution in [3.63, 3.8) is 0 Å². The van der Waals surface area contributed by atoms with Crippen LogP contribution in [0.3, 0.4) is 0 Å². The molecule has 17 heavy (non-hydrogen) atoms. The van der Waals surface area contributed by atoms with E-state index in [1.807, 2.05) is 0 Å². The molecule has 1 heterocycles. The standard InChI is InChI=1S/C12H17ClN2O2/c1-15(11-7-6-10(13)9-14-11)12(16)5-3-4-8-17-2/h6-7,9H,3-5,8H2,1-2H3. The number of carbonyl (C=O) groups excluding carboxylic acids is 1. The fourth-order valence-corrected chi connectivity index (χ4v) is 1.50. The van der Waals surface area contributed by atoms with E-state index < -0.39 is 0 Å². The van der Waals surface area contributed by atoms with Gasteiger partial charge in [-0.05, 0) is 25.0 Å². The van der Waals surface area contributed by atoms with Crippen LogP contribution in [-0.2, 0) is 9.53 Å². The highest BCUT2D eigenvalue weighted by Gasteiger charge is 2.11. The maximum Gasteiger partial charge on any atom is 0.227 e. The van der Waals surface area contributed by atoms with Crippen LogP contribution in [0.5, 0.6) is 0 Å². The van der Waals surface area contributed by atoms with Gasteiger partial charge >= 0.3 is 0 Å². The SMILES string of the molecule is COCCCCC(=O)N(C)c1ccc(Cl)cn1. The molecule has 1 amide bonds. The number of nitrogens with zero attached hydrogens (tertiary/aromatic N) is 2. The Morgan fingerprint density at radius 3 is 2.82 bits per heavy atom. The Labute approximate surface area is 107 Å². The summed E-state index contributed by atoms with van der Waals surface area (Å²) in [4.78, 5) is 17.4. The molecule has 1 rings (SSSR count). The van der Waals surface area contributed by atoms with Crippen LogP contribution in [0.25, 0.3) is 0 Å². The van der Waals surface area contributed by atoms with Crippen LogP contribution in [0, 0.1) is 0 Å². The lowest BCUT2D eigenvalue weighted by atomic mass is 10.2. The summed E-state index contributed by atoms with van der Waals surface area (Å²) in [5, 5.41) is 0.565. The summed E-state index contributed by atoms with van der Waals surface area (Å²) < 4.78 is 4.93. The zero-order valence-electron chi connectivity index (χ0n) is 10.1. The summed E-state index contributed by atoms with van der Waals surface area (Å²) >= 11 is 5.73. The number of rotatable bonds is 6. The number of hydrogen-bond donors (Lipinski definition) is 0. The largest absolute Gasteiger partial charge is 0.385 e. The first-order valence-electron chi connectivity index (χ1n) is 5.52. The van der Waals surface area contributed by atoms with Crippen molar-refractivity contribution in [2.45, 2.75) is 19.3 Å². The van der Waals surface area contributed by atoms with Gasteiger partial charge in [0.05, 0.1) is 5.02 Å². The first kappa shape index (κ1) is 13.9. The molecule has 0 radical (unpaired) electrons. The molecule has 0 spiro atoms. The van der Waals surface area contributed by atoms with E-state index in [-0.39, 0.29) is 5.91 Å². The second-order valence-corrected chi connectivity index (χ2v) is 4.17. The van der Waals surface area contributed by atoms with Crippen molar-refractivity contribution in [1.29, 1.82) is 0 Å². The van der Waals surface area contributed by atoms with Crippen LogP contribution in [0.1, 0.15) is 19.3 Å². The molecule has 0 aromatic carbocycles. The van der Waals surface area contributed by atoms with Crippen LogP contribution in [0.4, 0.5) is 5.82 Å². The summed E-state index contributed by atoms with van der Waals surface area (Å²) in [7, 11) is 3.38. The molecule has 4 nitrogen and oxygen atoms in total. The molecule has 1 aromatic rings. The lowest BCUT2D eigenvalue weighted by molar-refractivity contribution is -0.118. The molecule has 0 N–H and O–H groups in total. The maximum absolute atomic E-state index is 11.8. The zero-order valence-corrected chi connectivity index (χ0v) is 10.9. The summed E-state index contributed by atoms with van der Waals surface area (Å²) in [5.41, 5.74) is 0. The first-order chi connectivity index (χ1) is 8.15. The van der Waals surface area contributed by atoms with Crippen molar-refractivity contribution >= 4 is 23.3 Å². The van der Waals surface area contributed by atoms with Gasteiger partial charge in [-0.15, -0.1) is 0 Å². The lowest BCUT2D eigenvalue weighted by Gasteiger charge is -2.15. The van der Waals surface area contributed by atoms with Gasteiger partial charge < -0.3 is 4.74 Å². The highest BCUT2D eigenvalue weighted by atomic mass is 35.5. The molecule has 0 saturated carbocycles. The van der Waals surface area contributed by atoms with Crippen LogP contribution in [0.2, 0.25) is 5.02 Å². The Hall–Kier alpha value is -1.13. The molecule has 0 atom stereocenters. The number of carbonyl (C=O) groups is 1. The van der Waals surface area contributed by atoms with Gasteiger partial charge in [-0.1, -0.05) is 11.6 Å². The quantitative estimate of drug-likeness (QED) is 0.735. The molecular formula is C12H17ClN2O2. The van der Waals surface area contributed by atoms with Gasteiger partial charge in [-0.25, -0.2) is 4.98 Å². The van der Waals surface area contributed by atoms with Gasteiger partial charge in [-0.3, -0.25) is 9.69 Å². The minimum absolute atomic E-state index is 0.0518. The van der Waals surface area contributed by atoms with Crippen molar-refractivity contribution in [2.24, 2.45) is 0 Å². The van der Waals surface area contributed by atoms with Crippen LogP contribution in [0.15, 0.2) is 18.3 Å². The highest BCUT2D eigenvalue weighted by Crippen LogP contribution is 2.14. The van der Waals surface area contributed by atoms with E-state index in [2.05, 4.69) is 4.98 Å². The lowest BCUT2D eigenvalue weighted by Crippen LogP contribution is -2.26. The predicted molar refractivity (Wildman–Crippen MR) is 68.4 cm³/mol. The van der Waals surface area contributed by atoms with Gasteiger partial charge in [0.15, 0.2) is 0 Å². The van der Waals surface area contributed by atoms with E-state index in [4.69, 9.17) is 16.3 Å². The van der Waals surface area contributed by atoms with E-state index in [0.29, 0.717) is 23.9 Å². The van der Waals surface area contributed by atoms with E-state index in [1.165, 1.54) is 6.20 Å². The average molecular weight is 257 g/mol. The summed E-state index contributed by atoms with van der Waals surface area (Å²) in [5.74, 6) is 0.669. The normalized spacial score (nSPS) is 10.3. The number of pyridine rings is 1. The van der Waals surface area contributed by atoms with E-state index in [0.717, 1.165) is 12.8 Å².